The Balaban J connectivity index is 2.72. The summed E-state index contributed by atoms with van der Waals surface area (Å²) in [6.07, 6.45) is 1.30. The summed E-state index contributed by atoms with van der Waals surface area (Å²) in [6.45, 7) is 3.42. The second kappa shape index (κ2) is 4.25. The molecule has 0 amide bonds. The molecule has 0 spiro atoms. The van der Waals surface area contributed by atoms with Crippen molar-refractivity contribution in [3.05, 3.63) is 55.2 Å². The Hall–Kier alpha value is -2.76. The number of aromatic nitrogens is 2. The highest BCUT2D eigenvalue weighted by Gasteiger charge is 2.00. The van der Waals surface area contributed by atoms with Crippen LogP contribution in [0.15, 0.2) is 27.8 Å². The smallest absolute Gasteiger partial charge is 0.262 e. The van der Waals surface area contributed by atoms with Gasteiger partial charge in [0, 0.05) is 0 Å². The maximum atomic E-state index is 11.6. The Labute approximate surface area is 100 Å². The van der Waals surface area contributed by atoms with Crippen LogP contribution in [0.1, 0.15) is 5.56 Å². The number of nitrogens with one attached hydrogen (secondary N) is 2. The van der Waals surface area contributed by atoms with Gasteiger partial charge in [0.15, 0.2) is 11.5 Å². The molecule has 1 aromatic heterocycles. The molecule has 0 saturated heterocycles. The van der Waals surface area contributed by atoms with Gasteiger partial charge in [-0.25, -0.2) is 0 Å². The van der Waals surface area contributed by atoms with E-state index in [2.05, 4.69) is 16.5 Å². The SMILES string of the molecule is C=c1[nH]c(=O)c(=Cc2ccc(O)c(O)c2)c(=O)[nH]1. The van der Waals surface area contributed by atoms with Crippen LogP contribution in [0, 0.1) is 0 Å². The van der Waals surface area contributed by atoms with E-state index in [1.165, 1.54) is 24.3 Å². The molecule has 0 bridgehead atoms. The van der Waals surface area contributed by atoms with Crippen molar-refractivity contribution in [1.29, 1.82) is 0 Å². The lowest BCUT2D eigenvalue weighted by Gasteiger charge is -1.98. The zero-order chi connectivity index (χ0) is 13.3. The van der Waals surface area contributed by atoms with Crippen molar-refractivity contribution in [2.24, 2.45) is 0 Å². The van der Waals surface area contributed by atoms with Crippen molar-refractivity contribution in [2.75, 3.05) is 0 Å². The lowest BCUT2D eigenvalue weighted by molar-refractivity contribution is 0.403. The Bertz CT molecular complexity index is 780. The number of rotatable bonds is 1. The lowest BCUT2D eigenvalue weighted by Crippen LogP contribution is -2.47. The number of phenolic OH excluding ortho intramolecular Hbond substituents is 2. The number of hydrogen-bond acceptors (Lipinski definition) is 4. The normalized spacial score (nSPS) is 10.2. The summed E-state index contributed by atoms with van der Waals surface area (Å²) in [4.78, 5) is 27.8. The van der Waals surface area contributed by atoms with Crippen molar-refractivity contribution >= 4 is 12.7 Å². The third-order valence-electron chi connectivity index (χ3n) is 2.33. The fourth-order valence-corrected chi connectivity index (χ4v) is 1.47. The largest absolute Gasteiger partial charge is 0.504 e. The predicted octanol–water partition coefficient (Wildman–Crippen LogP) is -1.29. The minimum atomic E-state index is -0.573. The number of aromatic amines is 2. The molecule has 6 nitrogen and oxygen atoms in total. The standard InChI is InChI=1S/C12H10N2O4/c1-6-13-11(17)8(12(18)14-6)4-7-2-3-9(15)10(16)5-7/h2-5,15-16H,1H2,(H,13,17)(H,14,18). The first-order valence-corrected chi connectivity index (χ1v) is 5.02. The maximum Gasteiger partial charge on any atom is 0.262 e. The third kappa shape index (κ3) is 2.17. The topological polar surface area (TPSA) is 106 Å². The van der Waals surface area contributed by atoms with Crippen molar-refractivity contribution in [3.63, 3.8) is 0 Å². The van der Waals surface area contributed by atoms with Crippen LogP contribution >= 0.6 is 0 Å². The van der Waals surface area contributed by atoms with Crippen LogP contribution < -0.4 is 21.8 Å². The summed E-state index contributed by atoms with van der Waals surface area (Å²) in [5, 5.41) is 18.4. The second-order valence-electron chi connectivity index (χ2n) is 3.69. The second-order valence-corrected chi connectivity index (χ2v) is 3.69. The van der Waals surface area contributed by atoms with E-state index in [9.17, 15) is 14.7 Å². The Morgan fingerprint density at radius 2 is 1.67 bits per heavy atom. The van der Waals surface area contributed by atoms with Crippen LogP contribution in [0.2, 0.25) is 0 Å². The van der Waals surface area contributed by atoms with Crippen LogP contribution in [0.4, 0.5) is 0 Å². The molecule has 0 unspecified atom stereocenters. The first-order valence-electron chi connectivity index (χ1n) is 5.02. The van der Waals surface area contributed by atoms with Gasteiger partial charge >= 0.3 is 0 Å². The van der Waals surface area contributed by atoms with Gasteiger partial charge in [0.25, 0.3) is 11.1 Å². The quantitative estimate of drug-likeness (QED) is 0.470. The first kappa shape index (κ1) is 11.7. The molecule has 1 aromatic carbocycles. The molecule has 18 heavy (non-hydrogen) atoms. The van der Waals surface area contributed by atoms with Crippen LogP contribution in [0.5, 0.6) is 11.5 Å². The van der Waals surface area contributed by atoms with Gasteiger partial charge < -0.3 is 20.2 Å². The summed E-state index contributed by atoms with van der Waals surface area (Å²) in [5.41, 5.74) is -0.610. The van der Waals surface area contributed by atoms with Gasteiger partial charge in [0.05, 0.1) is 0 Å². The minimum Gasteiger partial charge on any atom is -0.504 e. The van der Waals surface area contributed by atoms with Crippen molar-refractivity contribution < 1.29 is 10.2 Å². The number of hydrogen-bond donors (Lipinski definition) is 4. The zero-order valence-corrected chi connectivity index (χ0v) is 9.23. The van der Waals surface area contributed by atoms with Gasteiger partial charge in [0.1, 0.15) is 10.7 Å². The number of benzene rings is 1. The molecular weight excluding hydrogens is 236 g/mol. The monoisotopic (exact) mass is 246 g/mol. The number of aromatic hydroxyl groups is 2. The zero-order valence-electron chi connectivity index (χ0n) is 9.23. The van der Waals surface area contributed by atoms with Crippen molar-refractivity contribution in [3.8, 4) is 11.5 Å². The van der Waals surface area contributed by atoms with Crippen LogP contribution in [0.3, 0.4) is 0 Å². The molecule has 0 radical (unpaired) electrons. The van der Waals surface area contributed by atoms with Crippen molar-refractivity contribution in [1.82, 2.24) is 9.97 Å². The number of H-pyrrole nitrogens is 2. The molecule has 2 aromatic rings. The molecule has 6 heteroatoms. The highest BCUT2D eigenvalue weighted by molar-refractivity contribution is 5.54. The van der Waals surface area contributed by atoms with E-state index in [1.54, 1.807) is 0 Å². The summed E-state index contributed by atoms with van der Waals surface area (Å²) >= 11 is 0. The molecule has 1 heterocycles. The Kier molecular flexibility index (Phi) is 2.77. The minimum absolute atomic E-state index is 0.104. The van der Waals surface area contributed by atoms with Crippen LogP contribution in [-0.2, 0) is 0 Å². The van der Waals surface area contributed by atoms with E-state index in [4.69, 9.17) is 5.11 Å². The summed E-state index contributed by atoms with van der Waals surface area (Å²) in [7, 11) is 0. The van der Waals surface area contributed by atoms with Crippen LogP contribution in [-0.4, -0.2) is 20.2 Å². The molecule has 0 atom stereocenters. The van der Waals surface area contributed by atoms with E-state index in [0.29, 0.717) is 5.56 Å². The highest BCUT2D eigenvalue weighted by Crippen LogP contribution is 2.24. The third-order valence-corrected chi connectivity index (χ3v) is 2.33. The first-order chi connectivity index (χ1) is 8.47. The molecule has 0 fully saturated rings. The molecule has 0 saturated carbocycles. The molecule has 2 rings (SSSR count). The molecule has 0 aliphatic rings. The van der Waals surface area contributed by atoms with Gasteiger partial charge in [-0.2, -0.15) is 0 Å². The fraction of sp³-hybridized carbons (Fsp3) is 0. The van der Waals surface area contributed by atoms with Gasteiger partial charge in [-0.05, 0) is 23.8 Å². The van der Waals surface area contributed by atoms with E-state index in [1.807, 2.05) is 0 Å². The molecule has 4 N–H and O–H groups in total. The van der Waals surface area contributed by atoms with Gasteiger partial charge in [-0.15, -0.1) is 0 Å². The Morgan fingerprint density at radius 3 is 2.22 bits per heavy atom. The summed E-state index contributed by atoms with van der Waals surface area (Å²) < 4.78 is 0. The van der Waals surface area contributed by atoms with E-state index in [-0.39, 0.29) is 22.2 Å². The fourth-order valence-electron chi connectivity index (χ4n) is 1.47. The average molecular weight is 246 g/mol. The van der Waals surface area contributed by atoms with Gasteiger partial charge in [0.2, 0.25) is 0 Å². The van der Waals surface area contributed by atoms with Crippen molar-refractivity contribution in [2.45, 2.75) is 0 Å². The molecule has 92 valence electrons. The van der Waals surface area contributed by atoms with E-state index >= 15 is 0 Å². The molecule has 0 aliphatic carbocycles. The highest BCUT2D eigenvalue weighted by atomic mass is 16.3. The van der Waals surface area contributed by atoms with E-state index in [0.717, 1.165) is 0 Å². The summed E-state index contributed by atoms with van der Waals surface area (Å²) in [5.74, 6) is -0.603. The maximum absolute atomic E-state index is 11.6. The van der Waals surface area contributed by atoms with Gasteiger partial charge in [-0.3, -0.25) is 9.59 Å². The predicted molar refractivity (Wildman–Crippen MR) is 65.8 cm³/mol. The van der Waals surface area contributed by atoms with E-state index < -0.39 is 11.1 Å². The molecular formula is C12H10N2O4. The van der Waals surface area contributed by atoms with Gasteiger partial charge in [-0.1, -0.05) is 12.6 Å². The average Bonchev–Trinajstić information content (AvgIpc) is 2.28. The lowest BCUT2D eigenvalue weighted by atomic mass is 10.2. The summed E-state index contributed by atoms with van der Waals surface area (Å²) in [6, 6.07) is 3.97. The number of phenols is 2. The molecule has 0 aliphatic heterocycles. The Morgan fingerprint density at radius 1 is 1.06 bits per heavy atom. The van der Waals surface area contributed by atoms with Crippen LogP contribution in [0.25, 0.3) is 12.7 Å².